The van der Waals surface area contributed by atoms with Gasteiger partial charge in [0.2, 0.25) is 5.91 Å². The van der Waals surface area contributed by atoms with E-state index in [-0.39, 0.29) is 22.9 Å². The average Bonchev–Trinajstić information content (AvgIpc) is 2.77. The second kappa shape index (κ2) is 26.5. The molecule has 0 aromatic rings. The maximum absolute atomic E-state index is 12.0. The van der Waals surface area contributed by atoms with E-state index < -0.39 is 0 Å². The normalized spacial score (nSPS) is 11.4. The van der Waals surface area contributed by atoms with E-state index in [1.165, 1.54) is 122 Å². The summed E-state index contributed by atoms with van der Waals surface area (Å²) < 4.78 is 1.09. The van der Waals surface area contributed by atoms with Crippen molar-refractivity contribution in [1.82, 2.24) is 5.32 Å². The Kier molecular flexibility index (Phi) is 28.2. The summed E-state index contributed by atoms with van der Waals surface area (Å²) in [7, 11) is 4.68. The van der Waals surface area contributed by atoms with Gasteiger partial charge in [0, 0.05) is 19.4 Å². The second-order valence-corrected chi connectivity index (χ2v) is 10.8. The summed E-state index contributed by atoms with van der Waals surface area (Å²) in [5.74, 6) is 0.259. The number of nitrogens with one attached hydrogen (secondary N) is 1. The number of quaternary nitrogens is 1. The third kappa shape index (κ3) is 28.0. The minimum absolute atomic E-state index is 0. The Labute approximate surface area is 219 Å². The Balaban J connectivity index is 0. The Hall–Kier alpha value is -0.0900. The molecule has 1 amide bonds. The lowest BCUT2D eigenvalue weighted by atomic mass is 10.1. The lowest BCUT2D eigenvalue weighted by Gasteiger charge is -2.30. The number of amides is 1. The summed E-state index contributed by atoms with van der Waals surface area (Å²) >= 11 is 0. The molecule has 1 N–H and O–H groups in total. The second-order valence-electron chi connectivity index (χ2n) is 10.8. The molecule has 0 saturated carbocycles. The largest absolute Gasteiger partial charge is 1.00 e. The van der Waals surface area contributed by atoms with E-state index in [2.05, 4.69) is 33.3 Å². The Morgan fingerprint density at radius 1 is 0.545 bits per heavy atom. The Morgan fingerprint density at radius 2 is 0.909 bits per heavy atom. The number of hydrogen-bond acceptors (Lipinski definition) is 1. The van der Waals surface area contributed by atoms with Crippen LogP contribution in [0.5, 0.6) is 0 Å². The van der Waals surface area contributed by atoms with E-state index in [0.29, 0.717) is 6.42 Å². The zero-order chi connectivity index (χ0) is 23.8. The first-order valence-electron chi connectivity index (χ1n) is 14.6. The molecular formula is C29H61BrN2O. The van der Waals surface area contributed by atoms with Gasteiger partial charge in [-0.2, -0.15) is 0 Å². The quantitative estimate of drug-likeness (QED) is 0.123. The van der Waals surface area contributed by atoms with Crippen molar-refractivity contribution in [3.63, 3.8) is 0 Å². The molecule has 4 heteroatoms. The molecule has 0 saturated heterocycles. The Morgan fingerprint density at radius 3 is 1.36 bits per heavy atom. The van der Waals surface area contributed by atoms with E-state index in [9.17, 15) is 4.79 Å². The van der Waals surface area contributed by atoms with Gasteiger partial charge in [-0.1, -0.05) is 117 Å². The molecular weight excluding hydrogens is 472 g/mol. The first-order valence-corrected chi connectivity index (χ1v) is 14.6. The zero-order valence-electron chi connectivity index (χ0n) is 23.2. The van der Waals surface area contributed by atoms with E-state index >= 15 is 0 Å². The van der Waals surface area contributed by atoms with Gasteiger partial charge in [-0.25, -0.2) is 0 Å². The van der Waals surface area contributed by atoms with Crippen LogP contribution in [-0.4, -0.2) is 44.1 Å². The first-order chi connectivity index (χ1) is 15.5. The zero-order valence-corrected chi connectivity index (χ0v) is 24.8. The molecule has 200 valence electrons. The van der Waals surface area contributed by atoms with Crippen molar-refractivity contribution in [3.05, 3.63) is 0 Å². The lowest BCUT2D eigenvalue weighted by molar-refractivity contribution is -0.890. The molecule has 0 fully saturated rings. The van der Waals surface area contributed by atoms with Crippen LogP contribution >= 0.6 is 0 Å². The van der Waals surface area contributed by atoms with Crippen LogP contribution in [0, 0.1) is 0 Å². The van der Waals surface area contributed by atoms with Crippen LogP contribution in [-0.2, 0) is 4.79 Å². The van der Waals surface area contributed by atoms with Gasteiger partial charge in [0.25, 0.3) is 0 Å². The first kappa shape index (κ1) is 35.1. The van der Waals surface area contributed by atoms with Crippen LogP contribution < -0.4 is 22.3 Å². The number of carbonyl (C=O) groups is 1. The highest BCUT2D eigenvalue weighted by Gasteiger charge is 2.14. The van der Waals surface area contributed by atoms with Crippen LogP contribution in [0.1, 0.15) is 149 Å². The summed E-state index contributed by atoms with van der Waals surface area (Å²) in [6.45, 7) is 7.83. The number of nitrogens with zero attached hydrogens (tertiary/aromatic N) is 1. The SMILES string of the molecule is CCCCCCCCCCCCCC(=O)NCCC[N+](C)(C)CCCCCCCCCC.[Br-]. The van der Waals surface area contributed by atoms with Crippen LogP contribution in [0.3, 0.4) is 0 Å². The number of carbonyl (C=O) groups excluding carboxylic acids is 1. The molecule has 0 aliphatic rings. The molecule has 33 heavy (non-hydrogen) atoms. The molecule has 0 atom stereocenters. The number of unbranched alkanes of at least 4 members (excludes halogenated alkanes) is 17. The van der Waals surface area contributed by atoms with Crippen molar-refractivity contribution in [2.24, 2.45) is 0 Å². The predicted octanol–water partition coefficient (Wildman–Crippen LogP) is 5.41. The molecule has 0 radical (unpaired) electrons. The van der Waals surface area contributed by atoms with Crippen LogP contribution in [0.25, 0.3) is 0 Å². The van der Waals surface area contributed by atoms with Gasteiger partial charge in [-0.05, 0) is 19.3 Å². The molecule has 0 aromatic carbocycles. The molecule has 0 aromatic heterocycles. The van der Waals surface area contributed by atoms with Gasteiger partial charge < -0.3 is 26.8 Å². The van der Waals surface area contributed by atoms with Crippen molar-refractivity contribution in [1.29, 1.82) is 0 Å². The summed E-state index contributed by atoms with van der Waals surface area (Å²) in [5.41, 5.74) is 0. The number of rotatable bonds is 25. The number of hydrogen-bond donors (Lipinski definition) is 1. The molecule has 0 aliphatic carbocycles. The molecule has 0 aliphatic heterocycles. The summed E-state index contributed by atoms with van der Waals surface area (Å²) in [5, 5.41) is 3.14. The molecule has 0 spiro atoms. The standard InChI is InChI=1S/C29H60N2O.BrH/c1-5-7-9-11-13-15-16-17-18-20-22-25-29(32)30-26-24-28-31(3,4)27-23-21-19-14-12-10-8-6-2;/h5-28H2,1-4H3;1H. The third-order valence-electron chi connectivity index (χ3n) is 6.89. The van der Waals surface area contributed by atoms with E-state index in [0.717, 1.165) is 30.4 Å². The summed E-state index contributed by atoms with van der Waals surface area (Å²) in [6.07, 6.45) is 27.6. The minimum Gasteiger partial charge on any atom is -1.00 e. The molecule has 0 unspecified atom stereocenters. The maximum atomic E-state index is 12.0. The third-order valence-corrected chi connectivity index (χ3v) is 6.89. The van der Waals surface area contributed by atoms with Gasteiger partial charge in [0.05, 0.1) is 27.2 Å². The van der Waals surface area contributed by atoms with Crippen LogP contribution in [0.15, 0.2) is 0 Å². The highest BCUT2D eigenvalue weighted by atomic mass is 79.9. The molecule has 3 nitrogen and oxygen atoms in total. The molecule has 0 heterocycles. The van der Waals surface area contributed by atoms with E-state index in [4.69, 9.17) is 0 Å². The fourth-order valence-corrected chi connectivity index (χ4v) is 4.56. The smallest absolute Gasteiger partial charge is 0.219 e. The fraction of sp³-hybridized carbons (Fsp3) is 0.966. The van der Waals surface area contributed by atoms with Crippen molar-refractivity contribution >= 4 is 5.91 Å². The topological polar surface area (TPSA) is 29.1 Å². The number of halogens is 1. The highest BCUT2D eigenvalue weighted by molar-refractivity contribution is 5.75. The predicted molar refractivity (Wildman–Crippen MR) is 143 cm³/mol. The van der Waals surface area contributed by atoms with E-state index in [1.54, 1.807) is 0 Å². The van der Waals surface area contributed by atoms with Crippen molar-refractivity contribution in [3.8, 4) is 0 Å². The van der Waals surface area contributed by atoms with Crippen molar-refractivity contribution < 1.29 is 26.3 Å². The maximum Gasteiger partial charge on any atom is 0.219 e. The van der Waals surface area contributed by atoms with Gasteiger partial charge in [-0.15, -0.1) is 0 Å². The van der Waals surface area contributed by atoms with Gasteiger partial charge in [0.1, 0.15) is 0 Å². The van der Waals surface area contributed by atoms with E-state index in [1.807, 2.05) is 0 Å². The monoisotopic (exact) mass is 532 g/mol. The van der Waals surface area contributed by atoms with Crippen molar-refractivity contribution in [2.45, 2.75) is 149 Å². The molecule has 0 bridgehead atoms. The van der Waals surface area contributed by atoms with Crippen molar-refractivity contribution in [2.75, 3.05) is 33.7 Å². The van der Waals surface area contributed by atoms with Gasteiger partial charge in [-0.3, -0.25) is 4.79 Å². The Bertz CT molecular complexity index is 401. The highest BCUT2D eigenvalue weighted by Crippen LogP contribution is 2.12. The molecule has 0 rings (SSSR count). The van der Waals surface area contributed by atoms with Crippen LogP contribution in [0.2, 0.25) is 0 Å². The van der Waals surface area contributed by atoms with Crippen LogP contribution in [0.4, 0.5) is 0 Å². The lowest BCUT2D eigenvalue weighted by Crippen LogP contribution is -3.00. The summed E-state index contributed by atoms with van der Waals surface area (Å²) in [4.78, 5) is 12.0. The average molecular weight is 534 g/mol. The summed E-state index contributed by atoms with van der Waals surface area (Å²) in [6, 6.07) is 0. The van der Waals surface area contributed by atoms with Gasteiger partial charge >= 0.3 is 0 Å². The minimum atomic E-state index is 0. The van der Waals surface area contributed by atoms with Gasteiger partial charge in [0.15, 0.2) is 0 Å². The fourth-order valence-electron chi connectivity index (χ4n) is 4.56.